The third-order valence-electron chi connectivity index (χ3n) is 3.45. The lowest BCUT2D eigenvalue weighted by atomic mass is 10.1. The van der Waals surface area contributed by atoms with Crippen LogP contribution < -0.4 is 5.73 Å². The molecule has 0 saturated heterocycles. The molecule has 0 spiro atoms. The average Bonchev–Trinajstić information content (AvgIpc) is 2.89. The van der Waals surface area contributed by atoms with Crippen LogP contribution in [0.5, 0.6) is 5.75 Å². The number of nitrogen functional groups attached to an aromatic ring is 1. The first kappa shape index (κ1) is 13.2. The van der Waals surface area contributed by atoms with Crippen molar-refractivity contribution in [2.75, 3.05) is 5.73 Å². The molecule has 0 bridgehead atoms. The van der Waals surface area contributed by atoms with Crippen molar-refractivity contribution >= 4 is 5.69 Å². The number of anilines is 1. The molecule has 3 N–H and O–H groups in total. The minimum absolute atomic E-state index is 0.307. The Balaban J connectivity index is 1.83. The van der Waals surface area contributed by atoms with Crippen LogP contribution in [0.25, 0.3) is 0 Å². The number of imidazole rings is 1. The Kier molecular flexibility index (Phi) is 3.60. The molecule has 0 aliphatic carbocycles. The molecule has 0 fully saturated rings. The topological polar surface area (TPSA) is 64.1 Å². The summed E-state index contributed by atoms with van der Waals surface area (Å²) in [5.74, 6) is 1.25. The van der Waals surface area contributed by atoms with Gasteiger partial charge in [0.1, 0.15) is 11.6 Å². The Labute approximate surface area is 123 Å². The first-order valence-electron chi connectivity index (χ1n) is 6.83. The molecular formula is C17H17N3O. The fraction of sp³-hybridized carbons (Fsp3) is 0.118. The molecule has 3 rings (SSSR count). The average molecular weight is 279 g/mol. The van der Waals surface area contributed by atoms with Crippen molar-refractivity contribution < 1.29 is 5.11 Å². The summed E-state index contributed by atoms with van der Waals surface area (Å²) in [5.41, 5.74) is 8.57. The van der Waals surface area contributed by atoms with E-state index in [-0.39, 0.29) is 0 Å². The SMILES string of the molecule is Nc1cccc(Cc2nccn2Cc2ccccc2O)c1. The number of hydrogen-bond acceptors (Lipinski definition) is 3. The molecular weight excluding hydrogens is 262 g/mol. The number of aromatic nitrogens is 2. The highest BCUT2D eigenvalue weighted by Gasteiger charge is 2.07. The summed E-state index contributed by atoms with van der Waals surface area (Å²) < 4.78 is 2.04. The minimum Gasteiger partial charge on any atom is -0.508 e. The van der Waals surface area contributed by atoms with E-state index >= 15 is 0 Å². The molecule has 0 aliphatic heterocycles. The van der Waals surface area contributed by atoms with Gasteiger partial charge in [-0.2, -0.15) is 0 Å². The lowest BCUT2D eigenvalue weighted by Gasteiger charge is -2.09. The molecule has 106 valence electrons. The zero-order valence-electron chi connectivity index (χ0n) is 11.6. The van der Waals surface area contributed by atoms with E-state index in [9.17, 15) is 5.11 Å². The van der Waals surface area contributed by atoms with Crippen LogP contribution in [-0.4, -0.2) is 14.7 Å². The summed E-state index contributed by atoms with van der Waals surface area (Å²) >= 11 is 0. The summed E-state index contributed by atoms with van der Waals surface area (Å²) in [6.45, 7) is 0.602. The molecule has 3 aromatic rings. The predicted molar refractivity (Wildman–Crippen MR) is 83.1 cm³/mol. The fourth-order valence-corrected chi connectivity index (χ4v) is 2.36. The van der Waals surface area contributed by atoms with E-state index in [1.807, 2.05) is 53.2 Å². The summed E-state index contributed by atoms with van der Waals surface area (Å²) in [4.78, 5) is 4.41. The smallest absolute Gasteiger partial charge is 0.120 e. The lowest BCUT2D eigenvalue weighted by Crippen LogP contribution is -2.05. The predicted octanol–water partition coefficient (Wildman–Crippen LogP) is 2.81. The van der Waals surface area contributed by atoms with Crippen LogP contribution in [-0.2, 0) is 13.0 Å². The molecule has 1 heterocycles. The maximum atomic E-state index is 9.88. The zero-order valence-corrected chi connectivity index (χ0v) is 11.6. The molecule has 21 heavy (non-hydrogen) atoms. The van der Waals surface area contributed by atoms with Gasteiger partial charge in [-0.15, -0.1) is 0 Å². The van der Waals surface area contributed by atoms with E-state index in [4.69, 9.17) is 5.73 Å². The second-order valence-electron chi connectivity index (χ2n) is 5.02. The van der Waals surface area contributed by atoms with Crippen LogP contribution in [0.1, 0.15) is 17.0 Å². The molecule has 4 heteroatoms. The van der Waals surface area contributed by atoms with Crippen molar-refractivity contribution in [3.8, 4) is 5.75 Å². The molecule has 2 aromatic carbocycles. The maximum Gasteiger partial charge on any atom is 0.120 e. The molecule has 0 atom stereocenters. The molecule has 4 nitrogen and oxygen atoms in total. The van der Waals surface area contributed by atoms with Gasteiger partial charge < -0.3 is 15.4 Å². The van der Waals surface area contributed by atoms with Gasteiger partial charge in [-0.1, -0.05) is 30.3 Å². The third-order valence-corrected chi connectivity index (χ3v) is 3.45. The second-order valence-corrected chi connectivity index (χ2v) is 5.02. The third kappa shape index (κ3) is 3.05. The first-order chi connectivity index (χ1) is 10.2. The van der Waals surface area contributed by atoms with Gasteiger partial charge in [0.15, 0.2) is 0 Å². The molecule has 0 amide bonds. The maximum absolute atomic E-state index is 9.88. The molecule has 0 aliphatic rings. The van der Waals surface area contributed by atoms with Crippen LogP contribution in [0.2, 0.25) is 0 Å². The van der Waals surface area contributed by atoms with E-state index in [1.165, 1.54) is 0 Å². The Morgan fingerprint density at radius 3 is 2.76 bits per heavy atom. The largest absolute Gasteiger partial charge is 0.508 e. The Morgan fingerprint density at radius 2 is 1.95 bits per heavy atom. The Bertz CT molecular complexity index is 749. The van der Waals surface area contributed by atoms with Gasteiger partial charge >= 0.3 is 0 Å². The number of phenols is 1. The summed E-state index contributed by atoms with van der Waals surface area (Å²) in [6, 6.07) is 15.2. The standard InChI is InChI=1S/C17H17N3O/c18-15-6-3-4-13(10-15)11-17-19-8-9-20(17)12-14-5-1-2-7-16(14)21/h1-10,21H,11-12,18H2. The van der Waals surface area contributed by atoms with E-state index in [2.05, 4.69) is 4.98 Å². The van der Waals surface area contributed by atoms with E-state index in [1.54, 1.807) is 12.3 Å². The van der Waals surface area contributed by atoms with E-state index < -0.39 is 0 Å². The van der Waals surface area contributed by atoms with Crippen molar-refractivity contribution in [1.82, 2.24) is 9.55 Å². The van der Waals surface area contributed by atoms with Gasteiger partial charge in [-0.05, 0) is 23.8 Å². The molecule has 0 unspecified atom stereocenters. The number of rotatable bonds is 4. The van der Waals surface area contributed by atoms with Crippen molar-refractivity contribution in [1.29, 1.82) is 0 Å². The van der Waals surface area contributed by atoms with Crippen molar-refractivity contribution in [3.05, 3.63) is 77.9 Å². The number of aromatic hydroxyl groups is 1. The van der Waals surface area contributed by atoms with Crippen LogP contribution in [0, 0.1) is 0 Å². The second kappa shape index (κ2) is 5.71. The fourth-order valence-electron chi connectivity index (χ4n) is 2.36. The number of benzene rings is 2. The van der Waals surface area contributed by atoms with Crippen molar-refractivity contribution in [3.63, 3.8) is 0 Å². The lowest BCUT2D eigenvalue weighted by molar-refractivity contribution is 0.465. The Morgan fingerprint density at radius 1 is 1.10 bits per heavy atom. The van der Waals surface area contributed by atoms with E-state index in [0.717, 1.165) is 22.6 Å². The van der Waals surface area contributed by atoms with Gasteiger partial charge in [0.05, 0.1) is 6.54 Å². The van der Waals surface area contributed by atoms with Gasteiger partial charge in [-0.3, -0.25) is 0 Å². The zero-order chi connectivity index (χ0) is 14.7. The number of phenolic OH excluding ortho intramolecular Hbond substituents is 1. The summed E-state index contributed by atoms with van der Waals surface area (Å²) in [7, 11) is 0. The quantitative estimate of drug-likeness (QED) is 0.722. The Hall–Kier alpha value is -2.75. The van der Waals surface area contributed by atoms with Crippen LogP contribution >= 0.6 is 0 Å². The number of nitrogens with zero attached hydrogens (tertiary/aromatic N) is 2. The van der Waals surface area contributed by atoms with Crippen LogP contribution in [0.4, 0.5) is 5.69 Å². The number of para-hydroxylation sites is 1. The molecule has 0 radical (unpaired) electrons. The highest BCUT2D eigenvalue weighted by Crippen LogP contribution is 2.18. The first-order valence-corrected chi connectivity index (χ1v) is 6.83. The number of nitrogens with two attached hydrogens (primary N) is 1. The van der Waals surface area contributed by atoms with Gasteiger partial charge in [-0.25, -0.2) is 4.98 Å². The summed E-state index contributed by atoms with van der Waals surface area (Å²) in [6.07, 6.45) is 4.42. The van der Waals surface area contributed by atoms with Crippen LogP contribution in [0.15, 0.2) is 60.9 Å². The monoisotopic (exact) mass is 279 g/mol. The minimum atomic E-state index is 0.307. The summed E-state index contributed by atoms with van der Waals surface area (Å²) in [5, 5.41) is 9.88. The normalized spacial score (nSPS) is 10.7. The highest BCUT2D eigenvalue weighted by molar-refractivity contribution is 5.41. The molecule has 1 aromatic heterocycles. The highest BCUT2D eigenvalue weighted by atomic mass is 16.3. The van der Waals surface area contributed by atoms with Crippen molar-refractivity contribution in [2.45, 2.75) is 13.0 Å². The van der Waals surface area contributed by atoms with Gasteiger partial charge in [0.2, 0.25) is 0 Å². The molecule has 0 saturated carbocycles. The van der Waals surface area contributed by atoms with Gasteiger partial charge in [0, 0.05) is 30.1 Å². The van der Waals surface area contributed by atoms with Crippen molar-refractivity contribution in [2.24, 2.45) is 0 Å². The van der Waals surface area contributed by atoms with Gasteiger partial charge in [0.25, 0.3) is 0 Å². The number of hydrogen-bond donors (Lipinski definition) is 2. The van der Waals surface area contributed by atoms with Crippen LogP contribution in [0.3, 0.4) is 0 Å². The van der Waals surface area contributed by atoms with E-state index in [0.29, 0.717) is 18.7 Å².